The van der Waals surface area contributed by atoms with Crippen LogP contribution in [0, 0.1) is 6.92 Å². The Balaban J connectivity index is 1.89. The van der Waals surface area contributed by atoms with Crippen molar-refractivity contribution >= 4 is 23.8 Å². The monoisotopic (exact) mass is 416 g/mol. The summed E-state index contributed by atoms with van der Waals surface area (Å²) >= 11 is 0. The molecule has 9 heteroatoms. The van der Waals surface area contributed by atoms with Gasteiger partial charge >= 0.3 is 6.03 Å². The summed E-state index contributed by atoms with van der Waals surface area (Å²) in [5.74, 6) is -1.59. The Morgan fingerprint density at radius 3 is 2.23 bits per heavy atom. The molecule has 0 bridgehead atoms. The van der Waals surface area contributed by atoms with Crippen molar-refractivity contribution < 1.29 is 24.4 Å². The van der Waals surface area contributed by atoms with Gasteiger partial charge in [-0.15, -0.1) is 0 Å². The van der Waals surface area contributed by atoms with Gasteiger partial charge in [-0.05, 0) is 39.7 Å². The van der Waals surface area contributed by atoms with Crippen molar-refractivity contribution in [1.29, 1.82) is 0 Å². The summed E-state index contributed by atoms with van der Waals surface area (Å²) in [5, 5.41) is 9.25. The largest absolute Gasteiger partial charge is 0.328 e. The van der Waals surface area contributed by atoms with E-state index in [9.17, 15) is 24.4 Å². The van der Waals surface area contributed by atoms with Crippen LogP contribution in [-0.2, 0) is 19.8 Å². The zero-order chi connectivity index (χ0) is 22.4. The van der Waals surface area contributed by atoms with Gasteiger partial charge in [0.1, 0.15) is 11.6 Å². The maximum Gasteiger partial charge on any atom is 0.327 e. The van der Waals surface area contributed by atoms with Crippen LogP contribution in [0.4, 0.5) is 4.79 Å². The van der Waals surface area contributed by atoms with Crippen molar-refractivity contribution in [3.8, 4) is 0 Å². The lowest BCUT2D eigenvalue weighted by atomic mass is 9.81. The minimum absolute atomic E-state index is 0.261. The van der Waals surface area contributed by atoms with Gasteiger partial charge < -0.3 is 9.80 Å². The van der Waals surface area contributed by atoms with Crippen LogP contribution in [-0.4, -0.2) is 75.4 Å². The number of aryl methyl sites for hydroxylation is 1. The number of amides is 5. The van der Waals surface area contributed by atoms with E-state index in [1.807, 2.05) is 38.1 Å². The summed E-state index contributed by atoms with van der Waals surface area (Å²) in [6.07, 6.45) is 0.470. The second-order valence-corrected chi connectivity index (χ2v) is 8.75. The quantitative estimate of drug-likeness (QED) is 0.423. The van der Waals surface area contributed by atoms with Crippen LogP contribution in [0.3, 0.4) is 0 Å². The van der Waals surface area contributed by atoms with E-state index < -0.39 is 34.8 Å². The third-order valence-corrected chi connectivity index (χ3v) is 6.54. The zero-order valence-corrected chi connectivity index (χ0v) is 17.9. The number of carbonyl (C=O) groups excluding carboxylic acids is 4. The molecule has 3 rings (SSSR count). The topological polar surface area (TPSA) is 110 Å². The fraction of sp³-hybridized carbons (Fsp3) is 0.524. The van der Waals surface area contributed by atoms with E-state index in [4.69, 9.17) is 0 Å². The van der Waals surface area contributed by atoms with Gasteiger partial charge in [-0.1, -0.05) is 29.8 Å². The predicted octanol–water partition coefficient (Wildman–Crippen LogP) is 1.03. The van der Waals surface area contributed by atoms with Gasteiger partial charge in [-0.2, -0.15) is 0 Å². The number of hydrogen-bond acceptors (Lipinski definition) is 5. The first-order chi connectivity index (χ1) is 13.9. The number of carbonyl (C=O) groups is 4. The van der Waals surface area contributed by atoms with Crippen LogP contribution >= 0.6 is 0 Å². The molecule has 1 aromatic carbocycles. The maximum absolute atomic E-state index is 13.4. The molecular formula is C21H28N4O5. The number of rotatable bonds is 5. The number of nitrogens with zero attached hydrogens (tertiary/aromatic N) is 3. The third-order valence-electron chi connectivity index (χ3n) is 6.54. The van der Waals surface area contributed by atoms with Gasteiger partial charge in [-0.25, -0.2) is 10.3 Å². The Hall–Kier alpha value is -2.94. The van der Waals surface area contributed by atoms with Crippen molar-refractivity contribution in [1.82, 2.24) is 20.2 Å². The first-order valence-electron chi connectivity index (χ1n) is 9.87. The number of hydrogen-bond donors (Lipinski definition) is 2. The molecule has 2 N–H and O–H groups in total. The summed E-state index contributed by atoms with van der Waals surface area (Å²) in [7, 11) is 1.51. The summed E-state index contributed by atoms with van der Waals surface area (Å²) in [4.78, 5) is 54.8. The number of benzene rings is 1. The molecule has 9 nitrogen and oxygen atoms in total. The molecule has 0 saturated carbocycles. The molecule has 2 aliphatic rings. The summed E-state index contributed by atoms with van der Waals surface area (Å²) in [6, 6.07) is 5.90. The van der Waals surface area contributed by atoms with E-state index in [1.54, 1.807) is 19.3 Å². The highest BCUT2D eigenvalue weighted by Crippen LogP contribution is 2.37. The maximum atomic E-state index is 13.4. The van der Waals surface area contributed by atoms with Crippen molar-refractivity contribution in [2.24, 2.45) is 0 Å². The van der Waals surface area contributed by atoms with Gasteiger partial charge in [0.15, 0.2) is 0 Å². The van der Waals surface area contributed by atoms with Crippen molar-refractivity contribution in [2.45, 2.75) is 51.1 Å². The molecular weight excluding hydrogens is 388 g/mol. The minimum Gasteiger partial charge on any atom is -0.328 e. The van der Waals surface area contributed by atoms with E-state index in [0.717, 1.165) is 16.0 Å². The molecule has 0 aliphatic carbocycles. The smallest absolute Gasteiger partial charge is 0.327 e. The zero-order valence-electron chi connectivity index (χ0n) is 17.9. The van der Waals surface area contributed by atoms with Crippen molar-refractivity contribution in [3.63, 3.8) is 0 Å². The molecule has 2 atom stereocenters. The second-order valence-electron chi connectivity index (χ2n) is 8.75. The van der Waals surface area contributed by atoms with Gasteiger partial charge in [0, 0.05) is 13.6 Å². The molecule has 0 spiro atoms. The molecule has 2 heterocycles. The van der Waals surface area contributed by atoms with Crippen LogP contribution < -0.4 is 5.48 Å². The first kappa shape index (κ1) is 21.8. The minimum atomic E-state index is -1.19. The Bertz CT molecular complexity index is 897. The molecule has 0 radical (unpaired) electrons. The van der Waals surface area contributed by atoms with Crippen LogP contribution in [0.2, 0.25) is 0 Å². The summed E-state index contributed by atoms with van der Waals surface area (Å²) in [5.41, 5.74) is 1.59. The SMILES string of the molecule is Cc1ccc(C2(C)CCN([C@H](CN3C(=O)N(C)C(C)(C)C3=O)C(=O)NO)C2=O)cc1. The lowest BCUT2D eigenvalue weighted by Crippen LogP contribution is -2.55. The van der Waals surface area contributed by atoms with Crippen LogP contribution in [0.1, 0.15) is 38.3 Å². The Morgan fingerprint density at radius 1 is 1.13 bits per heavy atom. The Labute approximate surface area is 175 Å². The lowest BCUT2D eigenvalue weighted by molar-refractivity contribution is -0.145. The molecule has 5 amide bonds. The number of likely N-dealkylation sites (N-methyl/N-ethyl adjacent to an activating group) is 1. The van der Waals surface area contributed by atoms with Crippen LogP contribution in [0.25, 0.3) is 0 Å². The molecule has 1 aromatic rings. The summed E-state index contributed by atoms with van der Waals surface area (Å²) in [6.45, 7) is 6.94. The number of imide groups is 1. The molecule has 30 heavy (non-hydrogen) atoms. The highest BCUT2D eigenvalue weighted by molar-refractivity contribution is 6.07. The molecule has 2 fully saturated rings. The van der Waals surface area contributed by atoms with Crippen molar-refractivity contribution in [3.05, 3.63) is 35.4 Å². The highest BCUT2D eigenvalue weighted by Gasteiger charge is 2.53. The molecule has 2 aliphatic heterocycles. The molecule has 1 unspecified atom stereocenters. The Morgan fingerprint density at radius 2 is 1.73 bits per heavy atom. The van der Waals surface area contributed by atoms with E-state index in [1.165, 1.54) is 16.8 Å². The number of hydroxylamine groups is 1. The van der Waals surface area contributed by atoms with Gasteiger partial charge in [-0.3, -0.25) is 24.5 Å². The average Bonchev–Trinajstić information content (AvgIpc) is 3.09. The standard InChI is InChI=1S/C21H28N4O5/c1-13-6-8-14(9-7-13)21(4)10-11-24(18(21)28)15(16(26)22-30)12-25-17(27)20(2,3)23(5)19(25)29/h6-9,15,30H,10-12H2,1-5H3,(H,22,26)/t15-,21?/m1/s1. The second kappa shape index (κ2) is 7.39. The predicted molar refractivity (Wildman–Crippen MR) is 108 cm³/mol. The fourth-order valence-corrected chi connectivity index (χ4v) is 4.07. The van der Waals surface area contributed by atoms with E-state index in [2.05, 4.69) is 0 Å². The normalized spacial score (nSPS) is 24.6. The first-order valence-corrected chi connectivity index (χ1v) is 9.87. The molecule has 2 saturated heterocycles. The van der Waals surface area contributed by atoms with E-state index >= 15 is 0 Å². The average molecular weight is 416 g/mol. The Kier molecular flexibility index (Phi) is 5.36. The van der Waals surface area contributed by atoms with E-state index in [0.29, 0.717) is 6.42 Å². The molecule has 0 aromatic heterocycles. The third kappa shape index (κ3) is 3.23. The summed E-state index contributed by atoms with van der Waals surface area (Å²) < 4.78 is 0. The van der Waals surface area contributed by atoms with E-state index in [-0.39, 0.29) is 19.0 Å². The lowest BCUT2D eigenvalue weighted by Gasteiger charge is -2.31. The number of nitrogens with one attached hydrogen (secondary N) is 1. The van der Waals surface area contributed by atoms with Gasteiger partial charge in [0.2, 0.25) is 5.91 Å². The highest BCUT2D eigenvalue weighted by atomic mass is 16.5. The van der Waals surface area contributed by atoms with Crippen LogP contribution in [0.15, 0.2) is 24.3 Å². The van der Waals surface area contributed by atoms with Gasteiger partial charge in [0.25, 0.3) is 11.8 Å². The van der Waals surface area contributed by atoms with Crippen LogP contribution in [0.5, 0.6) is 0 Å². The molecule has 162 valence electrons. The number of urea groups is 1. The number of likely N-dealkylation sites (tertiary alicyclic amines) is 1. The fourth-order valence-electron chi connectivity index (χ4n) is 4.07. The van der Waals surface area contributed by atoms with Crippen molar-refractivity contribution in [2.75, 3.05) is 20.1 Å². The van der Waals surface area contributed by atoms with Gasteiger partial charge in [0.05, 0.1) is 12.0 Å².